The number of carbonyl (C=O) groups is 1. The van der Waals surface area contributed by atoms with Crippen LogP contribution in [0.5, 0.6) is 0 Å². The zero-order chi connectivity index (χ0) is 6.78. The summed E-state index contributed by atoms with van der Waals surface area (Å²) in [6.45, 7) is -1.11. The summed E-state index contributed by atoms with van der Waals surface area (Å²) in [6, 6.07) is 0. The summed E-state index contributed by atoms with van der Waals surface area (Å²) in [5, 5.41) is 7.83. The second kappa shape index (κ2) is 2.37. The zero-order valence-corrected chi connectivity index (χ0v) is 4.71. The van der Waals surface area contributed by atoms with E-state index in [1.54, 1.807) is 0 Å². The fraction of sp³-hybridized carbons (Fsp3) is 0.500. The highest BCUT2D eigenvalue weighted by Gasteiger charge is 2.23. The third-order valence-corrected chi connectivity index (χ3v) is 1.25. The van der Waals surface area contributed by atoms with Crippen LogP contribution in [0, 0.1) is 0 Å². The highest BCUT2D eigenvalue weighted by Crippen LogP contribution is 2.34. The number of carbonyl (C=O) groups excluding carboxylic acids is 1. The van der Waals surface area contributed by atoms with Crippen molar-refractivity contribution in [1.29, 1.82) is 0 Å². The maximum Gasteiger partial charge on any atom is 0.394 e. The van der Waals surface area contributed by atoms with E-state index in [9.17, 15) is 9.36 Å². The molecule has 0 saturated carbocycles. The Morgan fingerprint density at radius 3 is 1.88 bits per heavy atom. The molecule has 6 heteroatoms. The van der Waals surface area contributed by atoms with Gasteiger partial charge >= 0.3 is 7.60 Å². The van der Waals surface area contributed by atoms with Gasteiger partial charge in [-0.2, -0.15) is 0 Å². The van der Waals surface area contributed by atoms with Crippen molar-refractivity contribution in [3.8, 4) is 0 Å². The normalized spacial score (nSPS) is 11.4. The molecule has 0 aliphatic rings. The monoisotopic (exact) mass is 140 g/mol. The Kier molecular flexibility index (Phi) is 2.30. The van der Waals surface area contributed by atoms with E-state index >= 15 is 0 Å². The van der Waals surface area contributed by atoms with Gasteiger partial charge in [0.25, 0.3) is 5.52 Å². The topological polar surface area (TPSA) is 94.8 Å². The summed E-state index contributed by atoms with van der Waals surface area (Å²) < 4.78 is 9.75. The molecule has 0 aromatic rings. The lowest BCUT2D eigenvalue weighted by molar-refractivity contribution is -0.115. The van der Waals surface area contributed by atoms with Crippen LogP contribution in [0.15, 0.2) is 0 Å². The second-order valence-electron chi connectivity index (χ2n) is 1.10. The van der Waals surface area contributed by atoms with E-state index in [0.717, 1.165) is 0 Å². The quantitative estimate of drug-likeness (QED) is 0.413. The lowest BCUT2D eigenvalue weighted by Crippen LogP contribution is -2.02. The van der Waals surface area contributed by atoms with Crippen molar-refractivity contribution in [3.05, 3.63) is 0 Å². The van der Waals surface area contributed by atoms with Gasteiger partial charge in [0.15, 0.2) is 0 Å². The van der Waals surface area contributed by atoms with Crippen molar-refractivity contribution >= 4 is 13.1 Å². The molecule has 0 bridgehead atoms. The minimum Gasteiger partial charge on any atom is -0.388 e. The third kappa shape index (κ3) is 2.18. The third-order valence-electron chi connectivity index (χ3n) is 0.460. The predicted octanol–water partition coefficient (Wildman–Crippen LogP) is -1.32. The average molecular weight is 140 g/mol. The van der Waals surface area contributed by atoms with Crippen molar-refractivity contribution in [2.45, 2.75) is 0 Å². The fourth-order valence-corrected chi connectivity index (χ4v) is 0.276. The SMILES string of the molecule is O=C(CO)P(=O)(O)O. The molecule has 0 atom stereocenters. The van der Waals surface area contributed by atoms with Crippen LogP contribution in [0.2, 0.25) is 0 Å². The van der Waals surface area contributed by atoms with E-state index in [1.165, 1.54) is 0 Å². The maximum absolute atomic E-state index is 9.82. The van der Waals surface area contributed by atoms with Crippen LogP contribution in [-0.2, 0) is 9.36 Å². The first-order valence-corrected chi connectivity index (χ1v) is 3.29. The number of aliphatic hydroxyl groups excluding tert-OH is 1. The molecule has 8 heavy (non-hydrogen) atoms. The molecule has 0 unspecified atom stereocenters. The first-order chi connectivity index (χ1) is 3.48. The first kappa shape index (κ1) is 7.78. The smallest absolute Gasteiger partial charge is 0.388 e. The molecule has 0 aromatic carbocycles. The molecule has 0 fully saturated rings. The molecular formula is C2H5O5P. The van der Waals surface area contributed by atoms with Gasteiger partial charge < -0.3 is 14.9 Å². The molecule has 0 radical (unpaired) electrons. The zero-order valence-electron chi connectivity index (χ0n) is 3.81. The lowest BCUT2D eigenvalue weighted by Gasteiger charge is -1.95. The molecule has 3 N–H and O–H groups in total. The van der Waals surface area contributed by atoms with E-state index in [2.05, 4.69) is 0 Å². The Hall–Kier alpha value is -0.220. The van der Waals surface area contributed by atoms with E-state index in [-0.39, 0.29) is 0 Å². The molecule has 0 aliphatic carbocycles. The van der Waals surface area contributed by atoms with Crippen LogP contribution < -0.4 is 0 Å². The highest BCUT2D eigenvalue weighted by molar-refractivity contribution is 7.70. The highest BCUT2D eigenvalue weighted by atomic mass is 31.2. The molecule has 48 valence electrons. The standard InChI is InChI=1S/C2H5O5P/c3-1-2(4)8(5,6)7/h3H,1H2,(H2,5,6,7). The van der Waals surface area contributed by atoms with Gasteiger partial charge in [-0.25, -0.2) is 0 Å². The van der Waals surface area contributed by atoms with Crippen molar-refractivity contribution in [1.82, 2.24) is 0 Å². The van der Waals surface area contributed by atoms with Crippen LogP contribution in [0.1, 0.15) is 0 Å². The van der Waals surface area contributed by atoms with E-state index in [0.29, 0.717) is 0 Å². The van der Waals surface area contributed by atoms with Gasteiger partial charge in [-0.1, -0.05) is 0 Å². The summed E-state index contributed by atoms with van der Waals surface area (Å²) >= 11 is 0. The maximum atomic E-state index is 9.82. The van der Waals surface area contributed by atoms with Crippen molar-refractivity contribution in [2.75, 3.05) is 6.61 Å². The van der Waals surface area contributed by atoms with Gasteiger partial charge in [0.1, 0.15) is 6.61 Å². The number of hydrogen-bond donors (Lipinski definition) is 3. The Morgan fingerprint density at radius 1 is 1.50 bits per heavy atom. The summed E-state index contributed by atoms with van der Waals surface area (Å²) in [5.74, 6) is 0. The molecular weight excluding hydrogens is 135 g/mol. The van der Waals surface area contributed by atoms with Crippen LogP contribution in [0.4, 0.5) is 0 Å². The molecule has 0 saturated heterocycles. The molecule has 0 heterocycles. The van der Waals surface area contributed by atoms with Crippen LogP contribution in [0.25, 0.3) is 0 Å². The minimum absolute atomic E-state index is 1.11. The molecule has 0 rings (SSSR count). The van der Waals surface area contributed by atoms with Gasteiger partial charge in [0, 0.05) is 0 Å². The summed E-state index contributed by atoms with van der Waals surface area (Å²) in [7, 11) is -4.65. The molecule has 0 aromatic heterocycles. The first-order valence-electron chi connectivity index (χ1n) is 1.68. The number of hydrogen-bond acceptors (Lipinski definition) is 3. The Morgan fingerprint density at radius 2 is 1.88 bits per heavy atom. The van der Waals surface area contributed by atoms with Crippen molar-refractivity contribution in [3.63, 3.8) is 0 Å². The van der Waals surface area contributed by atoms with Gasteiger partial charge in [0.2, 0.25) is 0 Å². The Balaban J connectivity index is 4.04. The molecule has 0 aliphatic heterocycles. The molecule has 5 nitrogen and oxygen atoms in total. The summed E-state index contributed by atoms with van der Waals surface area (Å²) in [4.78, 5) is 25.6. The largest absolute Gasteiger partial charge is 0.394 e. The molecule has 0 spiro atoms. The van der Waals surface area contributed by atoms with E-state index in [1.807, 2.05) is 0 Å². The van der Waals surface area contributed by atoms with E-state index < -0.39 is 19.7 Å². The van der Waals surface area contributed by atoms with Gasteiger partial charge in [0.05, 0.1) is 0 Å². The Bertz CT molecular complexity index is 133. The van der Waals surface area contributed by atoms with Gasteiger partial charge in [-0.15, -0.1) is 0 Å². The summed E-state index contributed by atoms with van der Waals surface area (Å²) in [5.41, 5.74) is -1.45. The van der Waals surface area contributed by atoms with Crippen molar-refractivity contribution in [2.24, 2.45) is 0 Å². The second-order valence-corrected chi connectivity index (χ2v) is 2.68. The molecule has 0 amide bonds. The predicted molar refractivity (Wildman–Crippen MR) is 24.1 cm³/mol. The Labute approximate surface area is 45.1 Å². The van der Waals surface area contributed by atoms with Crippen LogP contribution >= 0.6 is 7.60 Å². The number of aliphatic hydroxyl groups is 1. The van der Waals surface area contributed by atoms with Crippen LogP contribution in [-0.4, -0.2) is 27.0 Å². The van der Waals surface area contributed by atoms with Gasteiger partial charge in [-0.3, -0.25) is 9.36 Å². The average Bonchev–Trinajstić information content (AvgIpc) is 1.62. The lowest BCUT2D eigenvalue weighted by atomic mass is 10.8. The van der Waals surface area contributed by atoms with Gasteiger partial charge in [-0.05, 0) is 0 Å². The van der Waals surface area contributed by atoms with Crippen LogP contribution in [0.3, 0.4) is 0 Å². The van der Waals surface area contributed by atoms with E-state index in [4.69, 9.17) is 14.9 Å². The van der Waals surface area contributed by atoms with Crippen molar-refractivity contribution < 1.29 is 24.3 Å². The minimum atomic E-state index is -4.65. The number of rotatable bonds is 2. The fourth-order valence-electron chi connectivity index (χ4n) is 0.0921. The summed E-state index contributed by atoms with van der Waals surface area (Å²) in [6.07, 6.45) is 0.